The molecule has 0 aliphatic carbocycles. The molecule has 5 rings (SSSR count). The number of nitrogens with one attached hydrogen (secondary N) is 1. The molecule has 1 aromatic heterocycles. The molecule has 1 fully saturated rings. The Bertz CT molecular complexity index is 1650. The minimum absolute atomic E-state index is 0.221. The van der Waals surface area contributed by atoms with Gasteiger partial charge in [-0.15, -0.1) is 0 Å². The average molecular weight is 591 g/mol. The molecule has 0 saturated carbocycles. The summed E-state index contributed by atoms with van der Waals surface area (Å²) in [5.74, 6) is 0.984. The van der Waals surface area contributed by atoms with Gasteiger partial charge in [0, 0.05) is 44.0 Å². The minimum atomic E-state index is -0.778. The van der Waals surface area contributed by atoms with Crippen molar-refractivity contribution in [3.8, 4) is 17.2 Å². The van der Waals surface area contributed by atoms with Crippen molar-refractivity contribution in [2.45, 2.75) is 13.0 Å². The number of piperazine rings is 1. The van der Waals surface area contributed by atoms with Crippen molar-refractivity contribution in [1.29, 1.82) is 0 Å². The Morgan fingerprint density at radius 2 is 1.58 bits per heavy atom. The van der Waals surface area contributed by atoms with Gasteiger partial charge in [0.25, 0.3) is 5.56 Å². The molecule has 4 aromatic rings. The van der Waals surface area contributed by atoms with Crippen LogP contribution in [0.1, 0.15) is 18.8 Å². The van der Waals surface area contributed by atoms with Gasteiger partial charge in [0.2, 0.25) is 5.75 Å². The van der Waals surface area contributed by atoms with Crippen LogP contribution in [0.5, 0.6) is 17.2 Å². The molecule has 1 aliphatic heterocycles. The first-order chi connectivity index (χ1) is 20.7. The summed E-state index contributed by atoms with van der Waals surface area (Å²) in [5.41, 5.74) is 1.08. The van der Waals surface area contributed by atoms with E-state index in [2.05, 4.69) is 10.2 Å². The van der Waals surface area contributed by atoms with Gasteiger partial charge in [0.1, 0.15) is 5.82 Å². The molecule has 11 nitrogen and oxygen atoms in total. The van der Waals surface area contributed by atoms with E-state index in [4.69, 9.17) is 19.2 Å². The number of rotatable bonds is 8. The number of methoxy groups -OCH3 is 3. The minimum Gasteiger partial charge on any atom is -0.493 e. The first-order valence-corrected chi connectivity index (χ1v) is 13.9. The van der Waals surface area contributed by atoms with Gasteiger partial charge in [-0.1, -0.05) is 12.1 Å². The zero-order valence-corrected chi connectivity index (χ0v) is 24.8. The summed E-state index contributed by atoms with van der Waals surface area (Å²) < 4.78 is 31.9. The van der Waals surface area contributed by atoms with Gasteiger partial charge >= 0.3 is 6.03 Å². The van der Waals surface area contributed by atoms with Crippen molar-refractivity contribution < 1.29 is 23.4 Å². The molecule has 3 aromatic carbocycles. The predicted octanol–water partition coefficient (Wildman–Crippen LogP) is 4.24. The lowest BCUT2D eigenvalue weighted by Crippen LogP contribution is -2.55. The summed E-state index contributed by atoms with van der Waals surface area (Å²) in [6.45, 7) is 4.52. The number of carbonyl (C=O) groups excluding carboxylic acids is 1. The van der Waals surface area contributed by atoms with Gasteiger partial charge in [-0.2, -0.15) is 0 Å². The number of aromatic nitrogens is 2. The van der Waals surface area contributed by atoms with Crippen LogP contribution >= 0.6 is 0 Å². The second-order valence-electron chi connectivity index (χ2n) is 10.2. The Balaban J connectivity index is 1.70. The van der Waals surface area contributed by atoms with E-state index < -0.39 is 17.9 Å². The molecule has 1 aliphatic rings. The quantitative estimate of drug-likeness (QED) is 0.325. The highest BCUT2D eigenvalue weighted by atomic mass is 19.1. The Morgan fingerprint density at radius 3 is 2.19 bits per heavy atom. The summed E-state index contributed by atoms with van der Waals surface area (Å²) in [4.78, 5) is 36.8. The predicted molar refractivity (Wildman–Crippen MR) is 164 cm³/mol. The highest BCUT2D eigenvalue weighted by molar-refractivity contribution is 6.02. The third kappa shape index (κ3) is 5.91. The van der Waals surface area contributed by atoms with E-state index in [-0.39, 0.29) is 5.56 Å². The third-order valence-electron chi connectivity index (χ3n) is 7.54. The monoisotopic (exact) mass is 590 g/mol. The van der Waals surface area contributed by atoms with Gasteiger partial charge < -0.3 is 29.4 Å². The average Bonchev–Trinajstić information content (AvgIpc) is 3.02. The van der Waals surface area contributed by atoms with Gasteiger partial charge in [0.15, 0.2) is 17.3 Å². The number of hydrogen-bond donors (Lipinski definition) is 1. The molecule has 1 N–H and O–H groups in total. The highest BCUT2D eigenvalue weighted by Gasteiger charge is 2.32. The second kappa shape index (κ2) is 12.6. The molecular formula is C31H35FN6O5. The summed E-state index contributed by atoms with van der Waals surface area (Å²) in [7, 11) is 6.51. The Labute approximate surface area is 249 Å². The molecule has 2 amide bonds. The SMILES string of the molecule is COc1cc(N(C(=O)Nc2ccc(F)cc2)C(C)c2nc3ccccc3c(=O)n2N2CCN(C)CC2)cc(OC)c1OC. The zero-order chi connectivity index (χ0) is 30.7. The number of para-hydroxylation sites is 1. The Hall–Kier alpha value is -4.84. The fraction of sp³-hybridized carbons (Fsp3) is 0.323. The van der Waals surface area contributed by atoms with Crippen LogP contribution in [0.3, 0.4) is 0 Å². The maximum Gasteiger partial charge on any atom is 0.327 e. The summed E-state index contributed by atoms with van der Waals surface area (Å²) >= 11 is 0. The van der Waals surface area contributed by atoms with Gasteiger partial charge in [-0.3, -0.25) is 9.69 Å². The van der Waals surface area contributed by atoms with E-state index in [1.165, 1.54) is 50.5 Å². The van der Waals surface area contributed by atoms with Crippen LogP contribution in [-0.2, 0) is 0 Å². The standard InChI is InChI=1S/C31H35FN6O5/c1-20(29-34-25-9-7-6-8-24(25)30(39)38(29)36-16-14-35(2)15-17-36)37(31(40)33-22-12-10-21(32)11-13-22)23-18-26(41-3)28(43-5)27(19-23)42-4/h6-13,18-20H,14-17H2,1-5H3,(H,33,40). The largest absolute Gasteiger partial charge is 0.493 e. The van der Waals surface area contributed by atoms with Crippen LogP contribution in [-0.4, -0.2) is 75.1 Å². The number of benzene rings is 3. The smallest absolute Gasteiger partial charge is 0.327 e. The van der Waals surface area contributed by atoms with Gasteiger partial charge in [0.05, 0.1) is 44.0 Å². The molecule has 0 radical (unpaired) electrons. The van der Waals surface area contributed by atoms with E-state index in [0.29, 0.717) is 58.4 Å². The van der Waals surface area contributed by atoms with E-state index in [1.807, 2.05) is 18.1 Å². The lowest BCUT2D eigenvalue weighted by Gasteiger charge is -2.38. The first-order valence-electron chi connectivity index (χ1n) is 13.9. The second-order valence-corrected chi connectivity index (χ2v) is 10.2. The maximum absolute atomic E-state index is 14.1. The fourth-order valence-electron chi connectivity index (χ4n) is 5.24. The molecular weight excluding hydrogens is 555 g/mol. The molecule has 1 saturated heterocycles. The van der Waals surface area contributed by atoms with Crippen LogP contribution in [0.15, 0.2) is 65.5 Å². The lowest BCUT2D eigenvalue weighted by atomic mass is 10.1. The van der Waals surface area contributed by atoms with Crippen molar-refractivity contribution >= 4 is 28.3 Å². The number of nitrogens with zero attached hydrogens (tertiary/aromatic N) is 5. The van der Waals surface area contributed by atoms with Crippen molar-refractivity contribution in [2.75, 3.05) is 69.8 Å². The van der Waals surface area contributed by atoms with Crippen LogP contribution < -0.4 is 35.0 Å². The van der Waals surface area contributed by atoms with Gasteiger partial charge in [-0.05, 0) is 50.4 Å². The number of halogens is 1. The Morgan fingerprint density at radius 1 is 0.953 bits per heavy atom. The lowest BCUT2D eigenvalue weighted by molar-refractivity contribution is 0.254. The first kappa shape index (κ1) is 29.6. The summed E-state index contributed by atoms with van der Waals surface area (Å²) in [5, 5.41) is 5.30. The van der Waals surface area contributed by atoms with Crippen LogP contribution in [0.4, 0.5) is 20.6 Å². The van der Waals surface area contributed by atoms with Crippen molar-refractivity contribution in [1.82, 2.24) is 14.6 Å². The molecule has 12 heteroatoms. The summed E-state index contributed by atoms with van der Waals surface area (Å²) in [6.07, 6.45) is 0. The maximum atomic E-state index is 14.1. The molecule has 226 valence electrons. The van der Waals surface area contributed by atoms with Crippen LogP contribution in [0.25, 0.3) is 10.9 Å². The highest BCUT2D eigenvalue weighted by Crippen LogP contribution is 2.42. The molecule has 1 unspecified atom stereocenters. The van der Waals surface area contributed by atoms with Crippen LogP contribution in [0, 0.1) is 5.82 Å². The van der Waals surface area contributed by atoms with E-state index in [1.54, 1.807) is 41.9 Å². The molecule has 2 heterocycles. The van der Waals surface area contributed by atoms with Crippen LogP contribution in [0.2, 0.25) is 0 Å². The van der Waals surface area contributed by atoms with Crippen molar-refractivity contribution in [2.24, 2.45) is 0 Å². The van der Waals surface area contributed by atoms with Crippen molar-refractivity contribution in [3.05, 3.63) is 82.7 Å². The third-order valence-corrected chi connectivity index (χ3v) is 7.54. The number of urea groups is 1. The van der Waals surface area contributed by atoms with E-state index in [0.717, 1.165) is 13.1 Å². The zero-order valence-electron chi connectivity index (χ0n) is 24.8. The molecule has 43 heavy (non-hydrogen) atoms. The number of fused-ring (bicyclic) bond motifs is 1. The molecule has 1 atom stereocenters. The van der Waals surface area contributed by atoms with E-state index in [9.17, 15) is 14.0 Å². The number of ether oxygens (including phenoxy) is 3. The number of anilines is 2. The fourth-order valence-corrected chi connectivity index (χ4v) is 5.24. The summed E-state index contributed by atoms with van der Waals surface area (Å²) in [6, 6.07) is 14.6. The molecule has 0 spiro atoms. The number of hydrogen-bond acceptors (Lipinski definition) is 8. The van der Waals surface area contributed by atoms with Crippen molar-refractivity contribution in [3.63, 3.8) is 0 Å². The Kier molecular flexibility index (Phi) is 8.67. The number of carbonyl (C=O) groups is 1. The molecule has 0 bridgehead atoms. The number of amides is 2. The number of likely N-dealkylation sites (N-methyl/N-ethyl adjacent to an activating group) is 1. The normalized spacial score (nSPS) is 14.3. The van der Waals surface area contributed by atoms with E-state index >= 15 is 0 Å². The van der Waals surface area contributed by atoms with Gasteiger partial charge in [-0.25, -0.2) is 18.8 Å². The topological polar surface area (TPSA) is 101 Å².